The Kier molecular flexibility index (Phi) is 3.96. The highest BCUT2D eigenvalue weighted by Crippen LogP contribution is 2.24. The van der Waals surface area contributed by atoms with Crippen LogP contribution in [-0.2, 0) is 16.6 Å². The Labute approximate surface area is 113 Å². The van der Waals surface area contributed by atoms with Crippen molar-refractivity contribution in [3.05, 3.63) is 28.8 Å². The molecule has 0 amide bonds. The first-order chi connectivity index (χ1) is 8.41. The van der Waals surface area contributed by atoms with Gasteiger partial charge in [0, 0.05) is 31.7 Å². The molecule has 1 aromatic rings. The summed E-state index contributed by atoms with van der Waals surface area (Å²) in [6.45, 7) is 0.686. The Morgan fingerprint density at radius 2 is 2.06 bits per heavy atom. The van der Waals surface area contributed by atoms with Crippen molar-refractivity contribution in [2.45, 2.75) is 30.3 Å². The molecular formula is C12H17ClN2O2S. The second kappa shape index (κ2) is 5.17. The molecule has 100 valence electrons. The Morgan fingerprint density at radius 1 is 1.39 bits per heavy atom. The number of nitrogens with zero attached hydrogens (tertiary/aromatic N) is 1. The van der Waals surface area contributed by atoms with Gasteiger partial charge in [-0.1, -0.05) is 17.7 Å². The number of benzene rings is 1. The molecule has 1 aliphatic rings. The average molecular weight is 289 g/mol. The maximum atomic E-state index is 11.9. The number of rotatable bonds is 5. The first-order valence-electron chi connectivity index (χ1n) is 5.85. The molecule has 0 aromatic heterocycles. The molecule has 1 saturated carbocycles. The van der Waals surface area contributed by atoms with Crippen molar-refractivity contribution in [1.29, 1.82) is 0 Å². The standard InChI is InChI=1S/C12H17ClN2O2S/c1-15(2)18(16,17)11-6-3-9(12(13)7-11)8-14-10-4-5-10/h3,6-7,10,14H,4-5,8H2,1-2H3. The lowest BCUT2D eigenvalue weighted by Crippen LogP contribution is -2.22. The fourth-order valence-corrected chi connectivity index (χ4v) is 2.82. The summed E-state index contributed by atoms with van der Waals surface area (Å²) in [6.07, 6.45) is 2.43. The molecule has 18 heavy (non-hydrogen) atoms. The van der Waals surface area contributed by atoms with E-state index in [1.165, 1.54) is 37.3 Å². The molecule has 1 N–H and O–H groups in total. The fraction of sp³-hybridized carbons (Fsp3) is 0.500. The molecule has 0 aliphatic heterocycles. The van der Waals surface area contributed by atoms with Gasteiger partial charge in [-0.2, -0.15) is 0 Å². The third-order valence-electron chi connectivity index (χ3n) is 2.96. The topological polar surface area (TPSA) is 49.4 Å². The molecule has 1 aromatic carbocycles. The molecule has 0 heterocycles. The second-order valence-electron chi connectivity index (χ2n) is 4.70. The van der Waals surface area contributed by atoms with E-state index in [0.717, 1.165) is 5.56 Å². The van der Waals surface area contributed by atoms with Gasteiger partial charge >= 0.3 is 0 Å². The van der Waals surface area contributed by atoms with Crippen molar-refractivity contribution < 1.29 is 8.42 Å². The lowest BCUT2D eigenvalue weighted by Gasteiger charge is -2.13. The van der Waals surface area contributed by atoms with Gasteiger partial charge in [0.2, 0.25) is 10.0 Å². The summed E-state index contributed by atoms with van der Waals surface area (Å²) in [7, 11) is -0.395. The van der Waals surface area contributed by atoms with Gasteiger partial charge in [-0.25, -0.2) is 12.7 Å². The first-order valence-corrected chi connectivity index (χ1v) is 7.67. The molecule has 0 spiro atoms. The fourth-order valence-electron chi connectivity index (χ4n) is 1.58. The van der Waals surface area contributed by atoms with Crippen LogP contribution in [0.25, 0.3) is 0 Å². The Morgan fingerprint density at radius 3 is 2.56 bits per heavy atom. The molecule has 0 radical (unpaired) electrons. The highest BCUT2D eigenvalue weighted by molar-refractivity contribution is 7.89. The number of halogens is 1. The molecule has 1 aliphatic carbocycles. The van der Waals surface area contributed by atoms with Gasteiger partial charge in [-0.15, -0.1) is 0 Å². The zero-order chi connectivity index (χ0) is 13.3. The Balaban J connectivity index is 2.18. The van der Waals surface area contributed by atoms with Crippen LogP contribution < -0.4 is 5.32 Å². The van der Waals surface area contributed by atoms with Crippen molar-refractivity contribution in [3.63, 3.8) is 0 Å². The third kappa shape index (κ3) is 3.03. The SMILES string of the molecule is CN(C)S(=O)(=O)c1ccc(CNC2CC2)c(Cl)c1. The van der Waals surface area contributed by atoms with Crippen LogP contribution in [-0.4, -0.2) is 32.9 Å². The monoisotopic (exact) mass is 288 g/mol. The summed E-state index contributed by atoms with van der Waals surface area (Å²) in [6, 6.07) is 5.49. The zero-order valence-electron chi connectivity index (χ0n) is 10.5. The van der Waals surface area contributed by atoms with Crippen LogP contribution in [0.1, 0.15) is 18.4 Å². The second-order valence-corrected chi connectivity index (χ2v) is 7.25. The predicted molar refractivity (Wildman–Crippen MR) is 72.2 cm³/mol. The summed E-state index contributed by atoms with van der Waals surface area (Å²) >= 11 is 6.12. The van der Waals surface area contributed by atoms with Crippen molar-refractivity contribution >= 4 is 21.6 Å². The molecule has 0 unspecified atom stereocenters. The molecule has 0 saturated heterocycles. The van der Waals surface area contributed by atoms with Gasteiger partial charge in [0.15, 0.2) is 0 Å². The van der Waals surface area contributed by atoms with E-state index in [9.17, 15) is 8.42 Å². The van der Waals surface area contributed by atoms with Gasteiger partial charge in [-0.05, 0) is 30.5 Å². The van der Waals surface area contributed by atoms with E-state index in [4.69, 9.17) is 11.6 Å². The van der Waals surface area contributed by atoms with Crippen molar-refractivity contribution in [1.82, 2.24) is 9.62 Å². The molecule has 0 bridgehead atoms. The van der Waals surface area contributed by atoms with Crippen LogP contribution >= 0.6 is 11.6 Å². The summed E-state index contributed by atoms with van der Waals surface area (Å²) in [4.78, 5) is 0.229. The maximum absolute atomic E-state index is 11.9. The van der Waals surface area contributed by atoms with E-state index in [1.54, 1.807) is 12.1 Å². The molecular weight excluding hydrogens is 272 g/mol. The first kappa shape index (κ1) is 13.8. The Bertz CT molecular complexity index is 539. The Hall–Kier alpha value is -0.620. The van der Waals surface area contributed by atoms with E-state index in [2.05, 4.69) is 5.32 Å². The molecule has 1 fully saturated rings. The third-order valence-corrected chi connectivity index (χ3v) is 5.12. The summed E-state index contributed by atoms with van der Waals surface area (Å²) < 4.78 is 25.0. The van der Waals surface area contributed by atoms with Crippen LogP contribution in [0.5, 0.6) is 0 Å². The van der Waals surface area contributed by atoms with Crippen LogP contribution in [0.15, 0.2) is 23.1 Å². The quantitative estimate of drug-likeness (QED) is 0.899. The van der Waals surface area contributed by atoms with Crippen LogP contribution in [0, 0.1) is 0 Å². The maximum Gasteiger partial charge on any atom is 0.242 e. The van der Waals surface area contributed by atoms with Gasteiger partial charge in [0.25, 0.3) is 0 Å². The molecule has 0 atom stereocenters. The van der Waals surface area contributed by atoms with Crippen molar-refractivity contribution in [3.8, 4) is 0 Å². The van der Waals surface area contributed by atoms with Crippen molar-refractivity contribution in [2.24, 2.45) is 0 Å². The molecule has 4 nitrogen and oxygen atoms in total. The van der Waals surface area contributed by atoms with Crippen molar-refractivity contribution in [2.75, 3.05) is 14.1 Å². The number of nitrogens with one attached hydrogen (secondary N) is 1. The van der Waals surface area contributed by atoms with Crippen LogP contribution in [0.4, 0.5) is 0 Å². The van der Waals surface area contributed by atoms with Crippen LogP contribution in [0.3, 0.4) is 0 Å². The summed E-state index contributed by atoms with van der Waals surface area (Å²) in [5, 5.41) is 3.84. The van der Waals surface area contributed by atoms with E-state index < -0.39 is 10.0 Å². The van der Waals surface area contributed by atoms with E-state index in [-0.39, 0.29) is 4.90 Å². The summed E-state index contributed by atoms with van der Waals surface area (Å²) in [5.74, 6) is 0. The zero-order valence-corrected chi connectivity index (χ0v) is 12.1. The normalized spacial score (nSPS) is 16.2. The van der Waals surface area contributed by atoms with Gasteiger partial charge in [-0.3, -0.25) is 0 Å². The van der Waals surface area contributed by atoms with E-state index in [1.807, 2.05) is 0 Å². The number of hydrogen-bond donors (Lipinski definition) is 1. The number of sulfonamides is 1. The highest BCUT2D eigenvalue weighted by atomic mass is 35.5. The van der Waals surface area contributed by atoms with Gasteiger partial charge in [0.05, 0.1) is 4.90 Å². The lowest BCUT2D eigenvalue weighted by atomic mass is 10.2. The minimum atomic E-state index is -3.41. The molecule has 2 rings (SSSR count). The largest absolute Gasteiger partial charge is 0.310 e. The highest BCUT2D eigenvalue weighted by Gasteiger charge is 2.21. The van der Waals surface area contributed by atoms with Gasteiger partial charge in [0.1, 0.15) is 0 Å². The smallest absolute Gasteiger partial charge is 0.242 e. The minimum Gasteiger partial charge on any atom is -0.310 e. The average Bonchev–Trinajstić information content (AvgIpc) is 3.11. The predicted octanol–water partition coefficient (Wildman–Crippen LogP) is 1.84. The minimum absolute atomic E-state index is 0.229. The molecule has 6 heteroatoms. The lowest BCUT2D eigenvalue weighted by molar-refractivity contribution is 0.520. The van der Waals surface area contributed by atoms with Gasteiger partial charge < -0.3 is 5.32 Å². The van der Waals surface area contributed by atoms with Crippen LogP contribution in [0.2, 0.25) is 5.02 Å². The summed E-state index contributed by atoms with van der Waals surface area (Å²) in [5.41, 5.74) is 0.932. The number of hydrogen-bond acceptors (Lipinski definition) is 3. The van der Waals surface area contributed by atoms with E-state index >= 15 is 0 Å². The van der Waals surface area contributed by atoms with E-state index in [0.29, 0.717) is 17.6 Å².